The first-order chi connectivity index (χ1) is 7.79. The van der Waals surface area contributed by atoms with Gasteiger partial charge in [-0.2, -0.15) is 11.8 Å². The molecule has 2 aliphatic rings. The Bertz CT molecular complexity index is 207. The van der Waals surface area contributed by atoms with Crippen LogP contribution in [0, 0.1) is 5.92 Å². The normalized spacial score (nSPS) is 33.4. The fraction of sp³-hybridized carbons (Fsp3) is 1.00. The molecule has 2 aliphatic carbocycles. The van der Waals surface area contributed by atoms with E-state index in [1.807, 2.05) is 0 Å². The fourth-order valence-electron chi connectivity index (χ4n) is 3.31. The summed E-state index contributed by atoms with van der Waals surface area (Å²) in [6, 6.07) is 0.823. The zero-order chi connectivity index (χ0) is 11.4. The van der Waals surface area contributed by atoms with Gasteiger partial charge in [0.15, 0.2) is 0 Å². The van der Waals surface area contributed by atoms with Crippen LogP contribution in [-0.4, -0.2) is 23.6 Å². The minimum absolute atomic E-state index is 0.607. The Morgan fingerprint density at radius 3 is 2.50 bits per heavy atom. The largest absolute Gasteiger partial charge is 0.312 e. The molecule has 2 atom stereocenters. The fourth-order valence-corrected chi connectivity index (χ4v) is 4.23. The Kier molecular flexibility index (Phi) is 4.60. The Morgan fingerprint density at radius 1 is 1.19 bits per heavy atom. The molecule has 0 bridgehead atoms. The van der Waals surface area contributed by atoms with Gasteiger partial charge >= 0.3 is 0 Å². The van der Waals surface area contributed by atoms with Crippen molar-refractivity contribution >= 4 is 11.8 Å². The van der Waals surface area contributed by atoms with E-state index >= 15 is 0 Å². The molecule has 1 N–H and O–H groups in total. The van der Waals surface area contributed by atoms with Crippen LogP contribution in [0.5, 0.6) is 0 Å². The summed E-state index contributed by atoms with van der Waals surface area (Å²) in [4.78, 5) is 0. The van der Waals surface area contributed by atoms with Crippen molar-refractivity contribution in [2.45, 2.75) is 69.1 Å². The smallest absolute Gasteiger partial charge is 0.0281 e. The van der Waals surface area contributed by atoms with Gasteiger partial charge in [-0.1, -0.05) is 32.6 Å². The molecule has 94 valence electrons. The molecule has 2 heteroatoms. The van der Waals surface area contributed by atoms with Crippen LogP contribution in [0.15, 0.2) is 0 Å². The molecule has 1 nitrogen and oxygen atoms in total. The molecule has 2 saturated carbocycles. The first-order valence-corrected chi connectivity index (χ1v) is 8.31. The molecule has 0 aromatic rings. The van der Waals surface area contributed by atoms with E-state index in [-0.39, 0.29) is 0 Å². The lowest BCUT2D eigenvalue weighted by Crippen LogP contribution is -2.49. The van der Waals surface area contributed by atoms with Crippen molar-refractivity contribution in [3.8, 4) is 0 Å². The molecule has 2 rings (SSSR count). The molecule has 0 aromatic heterocycles. The van der Waals surface area contributed by atoms with Crippen molar-refractivity contribution in [3.05, 3.63) is 0 Å². The quantitative estimate of drug-likeness (QED) is 0.785. The highest BCUT2D eigenvalue weighted by Crippen LogP contribution is 2.42. The maximum Gasteiger partial charge on any atom is 0.0281 e. The Morgan fingerprint density at radius 2 is 1.94 bits per heavy atom. The Hall–Kier alpha value is 0.310. The number of hydrogen-bond donors (Lipinski definition) is 1. The first kappa shape index (κ1) is 12.8. The second kappa shape index (κ2) is 5.77. The van der Waals surface area contributed by atoms with Gasteiger partial charge in [-0.05, 0) is 37.9 Å². The summed E-state index contributed by atoms with van der Waals surface area (Å²) in [6.45, 7) is 3.62. The Labute approximate surface area is 105 Å². The minimum Gasteiger partial charge on any atom is -0.312 e. The van der Waals surface area contributed by atoms with Crippen LogP contribution >= 0.6 is 11.8 Å². The van der Waals surface area contributed by atoms with Gasteiger partial charge in [-0.15, -0.1) is 0 Å². The number of hydrogen-bond acceptors (Lipinski definition) is 2. The van der Waals surface area contributed by atoms with E-state index in [4.69, 9.17) is 0 Å². The van der Waals surface area contributed by atoms with Crippen LogP contribution < -0.4 is 5.32 Å². The zero-order valence-electron chi connectivity index (χ0n) is 10.9. The van der Waals surface area contributed by atoms with Crippen molar-refractivity contribution < 1.29 is 0 Å². The monoisotopic (exact) mass is 241 g/mol. The second-order valence-corrected chi connectivity index (χ2v) is 6.96. The highest BCUT2D eigenvalue weighted by Gasteiger charge is 2.37. The summed E-state index contributed by atoms with van der Waals surface area (Å²) in [5.41, 5.74) is 0. The average Bonchev–Trinajstić information content (AvgIpc) is 2.29. The van der Waals surface area contributed by atoms with Crippen molar-refractivity contribution in [1.82, 2.24) is 5.32 Å². The third-order valence-electron chi connectivity index (χ3n) is 4.82. The van der Waals surface area contributed by atoms with E-state index in [1.165, 1.54) is 57.9 Å². The molecular weight excluding hydrogens is 214 g/mol. The molecule has 16 heavy (non-hydrogen) atoms. The molecule has 0 aliphatic heterocycles. The van der Waals surface area contributed by atoms with Crippen molar-refractivity contribution in [1.29, 1.82) is 0 Å². The van der Waals surface area contributed by atoms with E-state index < -0.39 is 0 Å². The predicted molar refractivity (Wildman–Crippen MR) is 74.1 cm³/mol. The molecule has 0 heterocycles. The van der Waals surface area contributed by atoms with E-state index in [0.29, 0.717) is 4.75 Å². The molecule has 0 radical (unpaired) electrons. The van der Waals surface area contributed by atoms with Crippen LogP contribution in [0.3, 0.4) is 0 Å². The zero-order valence-corrected chi connectivity index (χ0v) is 11.7. The SMILES string of the molecule is CCC1CCCCC1NCC1(SC)CCC1. The van der Waals surface area contributed by atoms with E-state index in [0.717, 1.165) is 12.0 Å². The standard InChI is InChI=1S/C14H27NS/c1-3-12-7-4-5-8-13(12)15-11-14(16-2)9-6-10-14/h12-13,15H,3-11H2,1-2H3. The van der Waals surface area contributed by atoms with Gasteiger partial charge in [0, 0.05) is 17.3 Å². The van der Waals surface area contributed by atoms with Crippen LogP contribution in [0.2, 0.25) is 0 Å². The van der Waals surface area contributed by atoms with E-state index in [2.05, 4.69) is 30.3 Å². The Balaban J connectivity index is 1.79. The summed E-state index contributed by atoms with van der Waals surface area (Å²) >= 11 is 2.09. The van der Waals surface area contributed by atoms with Gasteiger partial charge in [0.25, 0.3) is 0 Å². The molecule has 0 aromatic carbocycles. The van der Waals surface area contributed by atoms with Gasteiger partial charge in [0.05, 0.1) is 0 Å². The lowest BCUT2D eigenvalue weighted by Gasteiger charge is -2.43. The maximum absolute atomic E-state index is 3.90. The van der Waals surface area contributed by atoms with Crippen molar-refractivity contribution in [2.24, 2.45) is 5.92 Å². The van der Waals surface area contributed by atoms with Crippen LogP contribution in [0.4, 0.5) is 0 Å². The van der Waals surface area contributed by atoms with E-state index in [9.17, 15) is 0 Å². The molecule has 0 amide bonds. The van der Waals surface area contributed by atoms with Crippen molar-refractivity contribution in [2.75, 3.05) is 12.8 Å². The van der Waals surface area contributed by atoms with Gasteiger partial charge < -0.3 is 5.32 Å². The van der Waals surface area contributed by atoms with E-state index in [1.54, 1.807) is 0 Å². The molecule has 2 fully saturated rings. The van der Waals surface area contributed by atoms with Gasteiger partial charge in [-0.3, -0.25) is 0 Å². The summed E-state index contributed by atoms with van der Waals surface area (Å²) in [6.07, 6.45) is 13.8. The van der Waals surface area contributed by atoms with Gasteiger partial charge in [0.2, 0.25) is 0 Å². The third kappa shape index (κ3) is 2.76. The van der Waals surface area contributed by atoms with Crippen molar-refractivity contribution in [3.63, 3.8) is 0 Å². The highest BCUT2D eigenvalue weighted by atomic mass is 32.2. The number of rotatable bonds is 5. The highest BCUT2D eigenvalue weighted by molar-refractivity contribution is 8.00. The summed E-state index contributed by atoms with van der Waals surface area (Å²) in [5, 5.41) is 3.90. The summed E-state index contributed by atoms with van der Waals surface area (Å²) in [7, 11) is 0. The van der Waals surface area contributed by atoms with Gasteiger partial charge in [0.1, 0.15) is 0 Å². The number of thioether (sulfide) groups is 1. The van der Waals surface area contributed by atoms with Crippen LogP contribution in [0.25, 0.3) is 0 Å². The van der Waals surface area contributed by atoms with Crippen LogP contribution in [0.1, 0.15) is 58.3 Å². The average molecular weight is 241 g/mol. The maximum atomic E-state index is 3.90. The predicted octanol–water partition coefficient (Wildman–Crippen LogP) is 3.83. The lowest BCUT2D eigenvalue weighted by molar-refractivity contribution is 0.233. The van der Waals surface area contributed by atoms with Gasteiger partial charge in [-0.25, -0.2) is 0 Å². The molecule has 0 spiro atoms. The summed E-state index contributed by atoms with van der Waals surface area (Å²) in [5.74, 6) is 0.952. The number of nitrogens with one attached hydrogen (secondary N) is 1. The second-order valence-electron chi connectivity index (χ2n) is 5.68. The third-order valence-corrected chi connectivity index (χ3v) is 6.24. The topological polar surface area (TPSA) is 12.0 Å². The molecule has 0 saturated heterocycles. The minimum atomic E-state index is 0.607. The first-order valence-electron chi connectivity index (χ1n) is 7.08. The molecular formula is C14H27NS. The lowest BCUT2D eigenvalue weighted by atomic mass is 9.80. The summed E-state index contributed by atoms with van der Waals surface area (Å²) < 4.78 is 0.607. The molecule has 2 unspecified atom stereocenters. The van der Waals surface area contributed by atoms with Crippen LogP contribution in [-0.2, 0) is 0 Å².